The lowest BCUT2D eigenvalue weighted by atomic mass is 10.1. The SMILES string of the molecule is CC(C)CNCCC1CC1Cc1ccccc1. The van der Waals surface area contributed by atoms with E-state index < -0.39 is 0 Å². The van der Waals surface area contributed by atoms with Crippen LogP contribution in [0.5, 0.6) is 0 Å². The van der Waals surface area contributed by atoms with Crippen LogP contribution in [0, 0.1) is 17.8 Å². The number of nitrogens with one attached hydrogen (secondary N) is 1. The molecule has 0 bridgehead atoms. The molecule has 0 saturated heterocycles. The molecule has 2 atom stereocenters. The fourth-order valence-corrected chi connectivity index (χ4v) is 2.51. The highest BCUT2D eigenvalue weighted by molar-refractivity contribution is 5.16. The van der Waals surface area contributed by atoms with Crippen LogP contribution >= 0.6 is 0 Å². The van der Waals surface area contributed by atoms with E-state index in [4.69, 9.17) is 0 Å². The number of hydrogen-bond acceptors (Lipinski definition) is 1. The second-order valence-electron chi connectivity index (χ2n) is 5.83. The minimum absolute atomic E-state index is 0.773. The highest BCUT2D eigenvalue weighted by atomic mass is 14.9. The van der Waals surface area contributed by atoms with Crippen molar-refractivity contribution in [3.05, 3.63) is 35.9 Å². The summed E-state index contributed by atoms with van der Waals surface area (Å²) in [5.41, 5.74) is 1.51. The van der Waals surface area contributed by atoms with Gasteiger partial charge < -0.3 is 5.32 Å². The summed E-state index contributed by atoms with van der Waals surface area (Å²) in [5, 5.41) is 3.54. The Hall–Kier alpha value is -0.820. The van der Waals surface area contributed by atoms with Crippen LogP contribution in [0.4, 0.5) is 0 Å². The largest absolute Gasteiger partial charge is 0.316 e. The van der Waals surface area contributed by atoms with Crippen molar-refractivity contribution < 1.29 is 0 Å². The van der Waals surface area contributed by atoms with Gasteiger partial charge in [-0.15, -0.1) is 0 Å². The van der Waals surface area contributed by atoms with Gasteiger partial charge in [0.05, 0.1) is 0 Å². The van der Waals surface area contributed by atoms with E-state index in [-0.39, 0.29) is 0 Å². The molecule has 0 aliphatic heterocycles. The maximum absolute atomic E-state index is 3.54. The van der Waals surface area contributed by atoms with Crippen LogP contribution in [0.1, 0.15) is 32.3 Å². The van der Waals surface area contributed by atoms with Crippen LogP contribution in [0.3, 0.4) is 0 Å². The Morgan fingerprint density at radius 3 is 2.65 bits per heavy atom. The molecule has 2 unspecified atom stereocenters. The maximum atomic E-state index is 3.54. The third-order valence-electron chi connectivity index (χ3n) is 3.65. The zero-order chi connectivity index (χ0) is 12.1. The van der Waals surface area contributed by atoms with Gasteiger partial charge in [0.2, 0.25) is 0 Å². The van der Waals surface area contributed by atoms with Crippen molar-refractivity contribution in [1.82, 2.24) is 5.32 Å². The van der Waals surface area contributed by atoms with Gasteiger partial charge in [-0.25, -0.2) is 0 Å². The second-order valence-corrected chi connectivity index (χ2v) is 5.83. The average Bonchev–Trinajstić information content (AvgIpc) is 3.04. The number of rotatable bonds is 7. The summed E-state index contributed by atoms with van der Waals surface area (Å²) < 4.78 is 0. The standard InChI is InChI=1S/C16H25N/c1-13(2)12-17-9-8-15-11-16(15)10-14-6-4-3-5-7-14/h3-7,13,15-17H,8-12H2,1-2H3. The molecule has 1 nitrogen and oxygen atoms in total. The molecule has 1 aliphatic carbocycles. The number of benzene rings is 1. The number of hydrogen-bond donors (Lipinski definition) is 1. The molecule has 0 aromatic heterocycles. The van der Waals surface area contributed by atoms with Crippen LogP contribution in [0.2, 0.25) is 0 Å². The van der Waals surface area contributed by atoms with Gasteiger partial charge in [0, 0.05) is 0 Å². The first-order valence-corrected chi connectivity index (χ1v) is 7.00. The predicted molar refractivity (Wildman–Crippen MR) is 74.1 cm³/mol. The lowest BCUT2D eigenvalue weighted by Crippen LogP contribution is -2.21. The lowest BCUT2D eigenvalue weighted by Gasteiger charge is -2.06. The molecule has 1 aliphatic rings. The molecular formula is C16H25N. The molecular weight excluding hydrogens is 206 g/mol. The van der Waals surface area contributed by atoms with Crippen LogP contribution in [-0.4, -0.2) is 13.1 Å². The first kappa shape index (κ1) is 12.6. The molecule has 0 spiro atoms. The molecule has 1 saturated carbocycles. The Kier molecular flexibility index (Phi) is 4.61. The molecule has 1 heteroatoms. The van der Waals surface area contributed by atoms with Crippen LogP contribution in [0.25, 0.3) is 0 Å². The normalized spacial score (nSPS) is 23.0. The summed E-state index contributed by atoms with van der Waals surface area (Å²) in [6.07, 6.45) is 4.10. The summed E-state index contributed by atoms with van der Waals surface area (Å²) in [6.45, 7) is 6.90. The summed E-state index contributed by atoms with van der Waals surface area (Å²) in [4.78, 5) is 0. The summed E-state index contributed by atoms with van der Waals surface area (Å²) in [5.74, 6) is 2.71. The van der Waals surface area contributed by atoms with Gasteiger partial charge in [-0.3, -0.25) is 0 Å². The van der Waals surface area contributed by atoms with Gasteiger partial charge in [-0.05, 0) is 55.7 Å². The molecule has 1 fully saturated rings. The van der Waals surface area contributed by atoms with Crippen LogP contribution < -0.4 is 5.32 Å². The molecule has 94 valence electrons. The fourth-order valence-electron chi connectivity index (χ4n) is 2.51. The summed E-state index contributed by atoms with van der Waals surface area (Å²) >= 11 is 0. The van der Waals surface area contributed by atoms with E-state index in [9.17, 15) is 0 Å². The van der Waals surface area contributed by atoms with Crippen LogP contribution in [0.15, 0.2) is 30.3 Å². The first-order chi connectivity index (χ1) is 8.25. The van der Waals surface area contributed by atoms with E-state index in [1.807, 2.05) is 0 Å². The molecule has 1 aromatic rings. The molecule has 17 heavy (non-hydrogen) atoms. The van der Waals surface area contributed by atoms with Crippen LogP contribution in [-0.2, 0) is 6.42 Å². The minimum atomic E-state index is 0.773. The summed E-state index contributed by atoms with van der Waals surface area (Å²) in [7, 11) is 0. The van der Waals surface area contributed by atoms with Gasteiger partial charge in [0.1, 0.15) is 0 Å². The van der Waals surface area contributed by atoms with Gasteiger partial charge in [0.15, 0.2) is 0 Å². The van der Waals surface area contributed by atoms with E-state index in [2.05, 4.69) is 49.5 Å². The molecule has 2 rings (SSSR count). The molecule has 0 heterocycles. The third kappa shape index (κ3) is 4.51. The first-order valence-electron chi connectivity index (χ1n) is 7.00. The van der Waals surface area contributed by atoms with E-state index >= 15 is 0 Å². The zero-order valence-corrected chi connectivity index (χ0v) is 11.2. The average molecular weight is 231 g/mol. The molecule has 0 amide bonds. The van der Waals surface area contributed by atoms with Crippen molar-refractivity contribution in [2.75, 3.05) is 13.1 Å². The Bertz CT molecular complexity index is 318. The lowest BCUT2D eigenvalue weighted by molar-refractivity contribution is 0.520. The Morgan fingerprint density at radius 1 is 1.18 bits per heavy atom. The van der Waals surface area contributed by atoms with E-state index in [0.29, 0.717) is 0 Å². The van der Waals surface area contributed by atoms with Gasteiger partial charge in [-0.1, -0.05) is 44.2 Å². The van der Waals surface area contributed by atoms with Gasteiger partial charge in [0.25, 0.3) is 0 Å². The third-order valence-corrected chi connectivity index (χ3v) is 3.65. The molecule has 1 aromatic carbocycles. The Labute approximate surface area is 106 Å². The van der Waals surface area contributed by atoms with Crippen molar-refractivity contribution in [3.8, 4) is 0 Å². The van der Waals surface area contributed by atoms with E-state index in [1.54, 1.807) is 0 Å². The van der Waals surface area contributed by atoms with Crippen molar-refractivity contribution in [1.29, 1.82) is 0 Å². The molecule has 0 radical (unpaired) electrons. The minimum Gasteiger partial charge on any atom is -0.316 e. The monoisotopic (exact) mass is 231 g/mol. The fraction of sp³-hybridized carbons (Fsp3) is 0.625. The van der Waals surface area contributed by atoms with E-state index in [0.717, 1.165) is 24.3 Å². The zero-order valence-electron chi connectivity index (χ0n) is 11.2. The van der Waals surface area contributed by atoms with E-state index in [1.165, 1.54) is 31.4 Å². The van der Waals surface area contributed by atoms with Gasteiger partial charge in [-0.2, -0.15) is 0 Å². The highest BCUT2D eigenvalue weighted by Crippen LogP contribution is 2.43. The second kappa shape index (κ2) is 6.20. The van der Waals surface area contributed by atoms with Crippen molar-refractivity contribution in [2.45, 2.75) is 33.1 Å². The highest BCUT2D eigenvalue weighted by Gasteiger charge is 2.35. The quantitative estimate of drug-likeness (QED) is 0.708. The summed E-state index contributed by atoms with van der Waals surface area (Å²) in [6, 6.07) is 10.9. The molecule has 1 N–H and O–H groups in total. The topological polar surface area (TPSA) is 12.0 Å². The Balaban J connectivity index is 1.58. The van der Waals surface area contributed by atoms with Gasteiger partial charge >= 0.3 is 0 Å². The maximum Gasteiger partial charge on any atom is -0.00258 e. The van der Waals surface area contributed by atoms with Crippen molar-refractivity contribution >= 4 is 0 Å². The predicted octanol–water partition coefficient (Wildman–Crippen LogP) is 3.50. The Morgan fingerprint density at radius 2 is 1.94 bits per heavy atom. The smallest absolute Gasteiger partial charge is 0.00258 e. The van der Waals surface area contributed by atoms with Crippen molar-refractivity contribution in [3.63, 3.8) is 0 Å². The van der Waals surface area contributed by atoms with Crippen molar-refractivity contribution in [2.24, 2.45) is 17.8 Å².